The largest absolute Gasteiger partial charge is 0.503 e. The molecule has 3 rings (SSSR count). The Kier molecular flexibility index (Phi) is 7.34. The number of carbonyl (C=O) groups excluding carboxylic acids is 2. The summed E-state index contributed by atoms with van der Waals surface area (Å²) in [7, 11) is 0. The molecule has 0 radical (unpaired) electrons. The van der Waals surface area contributed by atoms with Gasteiger partial charge in [-0.1, -0.05) is 18.2 Å². The highest BCUT2D eigenvalue weighted by Gasteiger charge is 2.28. The van der Waals surface area contributed by atoms with Crippen LogP contribution >= 0.6 is 0 Å². The van der Waals surface area contributed by atoms with Gasteiger partial charge in [0.15, 0.2) is 23.7 Å². The Morgan fingerprint density at radius 1 is 1.23 bits per heavy atom. The molecule has 2 aromatic rings. The normalized spacial score (nSPS) is 13.7. The molecule has 0 spiro atoms. The number of nitrogens with zero attached hydrogens (tertiary/aromatic N) is 1. The van der Waals surface area contributed by atoms with E-state index in [1.807, 2.05) is 25.1 Å². The summed E-state index contributed by atoms with van der Waals surface area (Å²) in [6.45, 7) is 2.25. The van der Waals surface area contributed by atoms with E-state index in [0.717, 1.165) is 12.8 Å². The number of hydrogen-bond acceptors (Lipinski definition) is 6. The highest BCUT2D eigenvalue weighted by atomic mass is 16.5. The maximum absolute atomic E-state index is 12.6. The van der Waals surface area contributed by atoms with E-state index in [1.54, 1.807) is 29.6 Å². The smallest absolute Gasteiger partial charge is 0.278 e. The summed E-state index contributed by atoms with van der Waals surface area (Å²) in [4.78, 5) is 24.6. The van der Waals surface area contributed by atoms with Gasteiger partial charge in [0.25, 0.3) is 11.8 Å². The summed E-state index contributed by atoms with van der Waals surface area (Å²) in [5.41, 5.74) is 8.48. The zero-order valence-corrected chi connectivity index (χ0v) is 17.2. The quantitative estimate of drug-likeness (QED) is 0.172. The first-order valence-electron chi connectivity index (χ1n) is 10.1. The van der Waals surface area contributed by atoms with Crippen LogP contribution in [0.2, 0.25) is 0 Å². The average Bonchev–Trinajstić information content (AvgIpc) is 3.58. The molecule has 0 heterocycles. The fourth-order valence-electron chi connectivity index (χ4n) is 2.86. The number of rotatable bonds is 10. The van der Waals surface area contributed by atoms with Gasteiger partial charge in [-0.2, -0.15) is 0 Å². The first kappa shape index (κ1) is 22.0. The van der Waals surface area contributed by atoms with Crippen molar-refractivity contribution in [2.24, 2.45) is 5.11 Å². The molecule has 0 saturated heterocycles. The van der Waals surface area contributed by atoms with Gasteiger partial charge in [0.05, 0.1) is 0 Å². The molecule has 1 fully saturated rings. The fourth-order valence-corrected chi connectivity index (χ4v) is 2.86. The van der Waals surface area contributed by atoms with E-state index in [-0.39, 0.29) is 30.0 Å². The Morgan fingerprint density at radius 2 is 1.97 bits per heavy atom. The molecule has 0 aromatic heterocycles. The number of carbonyl (C=O) groups is 2. The number of hydrogen-bond donors (Lipinski definition) is 5. The van der Waals surface area contributed by atoms with Crippen molar-refractivity contribution in [3.05, 3.63) is 65.5 Å². The molecule has 1 aliphatic carbocycles. The summed E-state index contributed by atoms with van der Waals surface area (Å²) < 4.78 is 5.77. The van der Waals surface area contributed by atoms with Gasteiger partial charge < -0.3 is 20.5 Å². The Hall–Kier alpha value is -3.72. The molecule has 9 heteroatoms. The van der Waals surface area contributed by atoms with E-state index in [4.69, 9.17) is 10.3 Å². The number of phenols is 1. The van der Waals surface area contributed by atoms with Gasteiger partial charge in [-0.3, -0.25) is 14.9 Å². The highest BCUT2D eigenvalue weighted by Crippen LogP contribution is 2.22. The number of nitrogens with one attached hydrogen (secondary N) is 3. The molecule has 31 heavy (non-hydrogen) atoms. The number of phenolic OH excluding ortho intramolecular Hbond substituents is 1. The second kappa shape index (κ2) is 10.4. The van der Waals surface area contributed by atoms with Crippen molar-refractivity contribution in [3.8, 4) is 11.5 Å². The van der Waals surface area contributed by atoms with Crippen LogP contribution in [0.5, 0.6) is 11.5 Å². The number of aromatic hydroxyl groups is 1. The van der Waals surface area contributed by atoms with Crippen molar-refractivity contribution in [2.45, 2.75) is 25.8 Å². The van der Waals surface area contributed by atoms with Gasteiger partial charge in [-0.05, 0) is 44.0 Å². The third-order valence-corrected chi connectivity index (χ3v) is 4.64. The lowest BCUT2D eigenvalue weighted by Gasteiger charge is -2.12. The van der Waals surface area contributed by atoms with Crippen molar-refractivity contribution in [1.82, 2.24) is 10.6 Å². The molecular formula is C22H26N5O4+. The van der Waals surface area contributed by atoms with E-state index < -0.39 is 5.91 Å². The molecule has 1 saturated carbocycles. The number of nitrogens with two attached hydrogens (primary N) is 1. The predicted molar refractivity (Wildman–Crippen MR) is 113 cm³/mol. The minimum Gasteiger partial charge on any atom is -0.503 e. The van der Waals surface area contributed by atoms with Gasteiger partial charge in [-0.25, -0.2) is 5.53 Å². The maximum Gasteiger partial charge on any atom is 0.278 e. The fraction of sp³-hybridized carbons (Fsp3) is 0.273. The van der Waals surface area contributed by atoms with Gasteiger partial charge in [0.1, 0.15) is 5.75 Å². The van der Waals surface area contributed by atoms with Crippen LogP contribution in [0.3, 0.4) is 0 Å². The lowest BCUT2D eigenvalue weighted by atomic mass is 10.1. The number of ether oxygens (including phenoxy) is 1. The molecule has 0 unspecified atom stereocenters. The third-order valence-electron chi connectivity index (χ3n) is 4.64. The third kappa shape index (κ3) is 6.13. The van der Waals surface area contributed by atoms with Crippen LogP contribution in [0.25, 0.3) is 0 Å². The maximum atomic E-state index is 12.6. The number of benzene rings is 2. The van der Waals surface area contributed by atoms with E-state index in [0.29, 0.717) is 29.2 Å². The van der Waals surface area contributed by atoms with Gasteiger partial charge in [-0.15, -0.1) is 5.11 Å². The number of quaternary nitrogens is 1. The van der Waals surface area contributed by atoms with Crippen molar-refractivity contribution in [1.29, 1.82) is 5.53 Å². The summed E-state index contributed by atoms with van der Waals surface area (Å²) in [5, 5.41) is 20.9. The van der Waals surface area contributed by atoms with Crippen LogP contribution in [0.15, 0.2) is 65.0 Å². The molecule has 0 aliphatic heterocycles. The summed E-state index contributed by atoms with van der Waals surface area (Å²) in [6, 6.07) is 13.7. The lowest BCUT2D eigenvalue weighted by molar-refractivity contribution is -0.522. The van der Waals surface area contributed by atoms with Gasteiger partial charge in [0.2, 0.25) is 5.70 Å². The van der Waals surface area contributed by atoms with Gasteiger partial charge in [0, 0.05) is 24.2 Å². The molecule has 2 aromatic carbocycles. The van der Waals surface area contributed by atoms with Crippen LogP contribution in [0.4, 0.5) is 5.69 Å². The highest BCUT2D eigenvalue weighted by molar-refractivity contribution is 5.95. The predicted octanol–water partition coefficient (Wildman–Crippen LogP) is 1.94. The van der Waals surface area contributed by atoms with Crippen LogP contribution in [0, 0.1) is 5.53 Å². The van der Waals surface area contributed by atoms with Crippen molar-refractivity contribution in [2.75, 3.05) is 13.2 Å². The molecule has 0 bridgehead atoms. The van der Waals surface area contributed by atoms with E-state index in [2.05, 4.69) is 15.7 Å². The monoisotopic (exact) mass is 424 g/mol. The number of para-hydroxylation sites is 1. The standard InChI is InChI=1S/C22H25N5O4/c1-2-24-21(29)14-8-11-17(19(28)12-14)26-18(13-31-16-6-4-3-5-7-16)20(27-23)22(30)25-15-9-10-15/h3-8,11-12,15,23,26,28H,2,9-10,13H2,1H3,(H,24,29)(H,25,30)/p+1/b20-18-,27-23?. The lowest BCUT2D eigenvalue weighted by Crippen LogP contribution is -2.77. The van der Waals surface area contributed by atoms with E-state index in [9.17, 15) is 14.7 Å². The summed E-state index contributed by atoms with van der Waals surface area (Å²) >= 11 is 0. The zero-order valence-electron chi connectivity index (χ0n) is 17.2. The summed E-state index contributed by atoms with van der Waals surface area (Å²) in [6.07, 6.45) is 1.80. The van der Waals surface area contributed by atoms with Crippen LogP contribution in [-0.4, -0.2) is 36.1 Å². The minimum absolute atomic E-state index is 0.0304. The molecule has 6 N–H and O–H groups in total. The number of amides is 2. The Balaban J connectivity index is 1.86. The zero-order chi connectivity index (χ0) is 22.2. The molecule has 9 nitrogen and oxygen atoms in total. The first-order chi connectivity index (χ1) is 15.0. The van der Waals surface area contributed by atoms with E-state index in [1.165, 1.54) is 6.07 Å². The van der Waals surface area contributed by atoms with E-state index >= 15 is 0 Å². The average molecular weight is 424 g/mol. The minimum atomic E-state index is -0.459. The van der Waals surface area contributed by atoms with Crippen LogP contribution in [-0.2, 0) is 4.79 Å². The molecule has 162 valence electrons. The van der Waals surface area contributed by atoms with Crippen molar-refractivity contribution in [3.63, 3.8) is 0 Å². The second-order valence-electron chi connectivity index (χ2n) is 7.11. The Bertz CT molecular complexity index is 987. The summed E-state index contributed by atoms with van der Waals surface area (Å²) in [5.74, 6) is -0.291. The molecular weight excluding hydrogens is 398 g/mol. The molecule has 2 amide bonds. The van der Waals surface area contributed by atoms with Crippen molar-refractivity contribution < 1.29 is 24.7 Å². The Morgan fingerprint density at radius 3 is 2.58 bits per heavy atom. The topological polar surface area (TPSA) is 140 Å². The Labute approximate surface area is 180 Å². The first-order valence-corrected chi connectivity index (χ1v) is 10.1. The molecule has 1 aliphatic rings. The van der Waals surface area contributed by atoms with Crippen LogP contribution < -0.4 is 20.7 Å². The second-order valence-corrected chi connectivity index (χ2v) is 7.11. The van der Waals surface area contributed by atoms with Crippen molar-refractivity contribution >= 4 is 17.5 Å². The SMILES string of the molecule is CCNC(=O)c1ccc([NH2+]/C(COc2ccccc2)=C(\N=N)C(=O)NC2CC2)c(O)c1. The van der Waals surface area contributed by atoms with Crippen LogP contribution in [0.1, 0.15) is 30.1 Å². The van der Waals surface area contributed by atoms with Gasteiger partial charge >= 0.3 is 0 Å². The molecule has 0 atom stereocenters.